The third kappa shape index (κ3) is 5.11. The highest BCUT2D eigenvalue weighted by Gasteiger charge is 2.09. The van der Waals surface area contributed by atoms with Gasteiger partial charge in [-0.25, -0.2) is 4.68 Å². The third-order valence-electron chi connectivity index (χ3n) is 3.71. The van der Waals surface area contributed by atoms with E-state index < -0.39 is 5.97 Å². The summed E-state index contributed by atoms with van der Waals surface area (Å²) >= 11 is 5.98. The van der Waals surface area contributed by atoms with Crippen LogP contribution in [0.3, 0.4) is 0 Å². The van der Waals surface area contributed by atoms with E-state index in [2.05, 4.69) is 20.8 Å². The molecule has 0 fully saturated rings. The first-order valence-electron chi connectivity index (χ1n) is 8.04. The molecule has 27 heavy (non-hydrogen) atoms. The number of halogens is 1. The Bertz CT molecular complexity index is 942. The predicted octanol–water partition coefficient (Wildman–Crippen LogP) is 2.63. The van der Waals surface area contributed by atoms with Gasteiger partial charge in [0.05, 0.1) is 0 Å². The summed E-state index contributed by atoms with van der Waals surface area (Å²) in [5.74, 6) is -0.693. The fraction of sp³-hybridized carbons (Fsp3) is 0.167. The van der Waals surface area contributed by atoms with Crippen molar-refractivity contribution >= 4 is 29.2 Å². The number of anilines is 1. The lowest BCUT2D eigenvalue weighted by molar-refractivity contribution is -0.145. The van der Waals surface area contributed by atoms with Crippen LogP contribution in [0.5, 0.6) is 0 Å². The lowest BCUT2D eigenvalue weighted by Crippen LogP contribution is -2.14. The molecule has 0 aliphatic rings. The second kappa shape index (κ2) is 8.41. The van der Waals surface area contributed by atoms with Gasteiger partial charge in [-0.1, -0.05) is 23.7 Å². The van der Waals surface area contributed by atoms with Crippen molar-refractivity contribution in [3.63, 3.8) is 0 Å². The Morgan fingerprint density at radius 1 is 1.19 bits per heavy atom. The van der Waals surface area contributed by atoms with Crippen LogP contribution in [0.2, 0.25) is 5.02 Å². The van der Waals surface area contributed by atoms with Crippen molar-refractivity contribution in [3.05, 3.63) is 70.5 Å². The molecule has 1 heterocycles. The Morgan fingerprint density at radius 3 is 2.63 bits per heavy atom. The van der Waals surface area contributed by atoms with E-state index in [9.17, 15) is 9.59 Å². The van der Waals surface area contributed by atoms with E-state index in [0.29, 0.717) is 16.3 Å². The summed E-state index contributed by atoms with van der Waals surface area (Å²) in [6.45, 7) is 1.90. The fourth-order valence-electron chi connectivity index (χ4n) is 2.27. The molecule has 0 aliphatic carbocycles. The molecule has 138 valence electrons. The van der Waals surface area contributed by atoms with Crippen molar-refractivity contribution in [2.24, 2.45) is 0 Å². The van der Waals surface area contributed by atoms with Gasteiger partial charge in [-0.15, -0.1) is 5.10 Å². The topological polar surface area (TPSA) is 99.0 Å². The number of rotatable bonds is 6. The molecular weight excluding hydrogens is 370 g/mol. The molecule has 1 N–H and O–H groups in total. The summed E-state index contributed by atoms with van der Waals surface area (Å²) in [6.07, 6.45) is 1.33. The Labute approximate surface area is 160 Å². The second-order valence-corrected chi connectivity index (χ2v) is 6.19. The molecule has 0 saturated carbocycles. The maximum atomic E-state index is 12.3. The monoisotopic (exact) mass is 385 g/mol. The lowest BCUT2D eigenvalue weighted by atomic mass is 10.1. The molecule has 8 nitrogen and oxygen atoms in total. The summed E-state index contributed by atoms with van der Waals surface area (Å²) < 4.78 is 6.43. The highest BCUT2D eigenvalue weighted by atomic mass is 35.5. The molecule has 2 aromatic carbocycles. The number of amides is 1. The van der Waals surface area contributed by atoms with Crippen LogP contribution in [0, 0.1) is 6.92 Å². The Kier molecular flexibility index (Phi) is 5.77. The molecule has 0 aliphatic heterocycles. The molecule has 0 spiro atoms. The third-order valence-corrected chi connectivity index (χ3v) is 4.14. The van der Waals surface area contributed by atoms with Gasteiger partial charge >= 0.3 is 5.97 Å². The molecular formula is C18H16ClN5O3. The molecule has 0 radical (unpaired) electrons. The van der Waals surface area contributed by atoms with Crippen LogP contribution in [0.1, 0.15) is 21.5 Å². The average Bonchev–Trinajstić information content (AvgIpc) is 3.16. The summed E-state index contributed by atoms with van der Waals surface area (Å²) in [5, 5.41) is 13.9. The number of aryl methyl sites for hydroxylation is 1. The zero-order valence-corrected chi connectivity index (χ0v) is 15.2. The van der Waals surface area contributed by atoms with Crippen molar-refractivity contribution in [1.29, 1.82) is 0 Å². The van der Waals surface area contributed by atoms with Gasteiger partial charge in [0.2, 0.25) is 0 Å². The number of ether oxygens (including phenoxy) is 1. The number of hydrogen-bond donors (Lipinski definition) is 1. The van der Waals surface area contributed by atoms with E-state index in [0.717, 1.165) is 11.1 Å². The van der Waals surface area contributed by atoms with Gasteiger partial charge in [-0.05, 0) is 58.8 Å². The Hall–Kier alpha value is -3.26. The zero-order chi connectivity index (χ0) is 19.2. The smallest absolute Gasteiger partial charge is 0.328 e. The number of carbonyl (C=O) groups excluding carboxylic acids is 2. The van der Waals surface area contributed by atoms with Gasteiger partial charge < -0.3 is 10.1 Å². The number of esters is 1. The van der Waals surface area contributed by atoms with E-state index in [-0.39, 0.29) is 19.1 Å². The maximum absolute atomic E-state index is 12.3. The molecule has 9 heteroatoms. The minimum absolute atomic E-state index is 0.0615. The van der Waals surface area contributed by atoms with E-state index in [4.69, 9.17) is 16.3 Å². The quantitative estimate of drug-likeness (QED) is 0.655. The number of tetrazole rings is 1. The van der Waals surface area contributed by atoms with E-state index >= 15 is 0 Å². The fourth-order valence-corrected chi connectivity index (χ4v) is 2.39. The first-order chi connectivity index (χ1) is 13.0. The van der Waals surface area contributed by atoms with Crippen LogP contribution in [-0.2, 0) is 22.7 Å². The minimum Gasteiger partial charge on any atom is -0.459 e. The molecule has 0 saturated heterocycles. The SMILES string of the molecule is Cc1cc(NC(=O)c2ccc(COC(=O)Cn3cnnn3)cc2)ccc1Cl. The van der Waals surface area contributed by atoms with Gasteiger partial charge in [0.15, 0.2) is 0 Å². The number of carbonyl (C=O) groups is 2. The average molecular weight is 386 g/mol. The molecule has 0 unspecified atom stereocenters. The van der Waals surface area contributed by atoms with Gasteiger partial charge in [-0.2, -0.15) is 0 Å². The van der Waals surface area contributed by atoms with E-state index in [1.807, 2.05) is 6.92 Å². The van der Waals surface area contributed by atoms with Crippen LogP contribution in [0.15, 0.2) is 48.8 Å². The number of nitrogens with one attached hydrogen (secondary N) is 1. The van der Waals surface area contributed by atoms with Crippen molar-refractivity contribution in [2.75, 3.05) is 5.32 Å². The van der Waals surface area contributed by atoms with Crippen LogP contribution in [-0.4, -0.2) is 32.1 Å². The highest BCUT2D eigenvalue weighted by molar-refractivity contribution is 6.31. The minimum atomic E-state index is -0.456. The lowest BCUT2D eigenvalue weighted by Gasteiger charge is -2.08. The number of benzene rings is 2. The summed E-state index contributed by atoms with van der Waals surface area (Å²) in [5.41, 5.74) is 2.81. The van der Waals surface area contributed by atoms with Crippen molar-refractivity contribution in [2.45, 2.75) is 20.1 Å². The van der Waals surface area contributed by atoms with Gasteiger partial charge in [0, 0.05) is 16.3 Å². The van der Waals surface area contributed by atoms with Crippen LogP contribution in [0.4, 0.5) is 5.69 Å². The molecule has 1 aromatic heterocycles. The largest absolute Gasteiger partial charge is 0.459 e. The Morgan fingerprint density at radius 2 is 1.96 bits per heavy atom. The molecule has 0 atom stereocenters. The van der Waals surface area contributed by atoms with E-state index in [1.165, 1.54) is 11.0 Å². The molecule has 0 bridgehead atoms. The normalized spacial score (nSPS) is 10.4. The van der Waals surface area contributed by atoms with Gasteiger partial charge in [-0.3, -0.25) is 9.59 Å². The Balaban J connectivity index is 1.53. The standard InChI is InChI=1S/C18H16ClN5O3/c1-12-8-15(6-7-16(12)19)21-18(26)14-4-2-13(3-5-14)10-27-17(25)9-24-11-20-22-23-24/h2-8,11H,9-10H2,1H3,(H,21,26). The summed E-state index contributed by atoms with van der Waals surface area (Å²) in [6, 6.07) is 12.1. The zero-order valence-electron chi connectivity index (χ0n) is 14.4. The van der Waals surface area contributed by atoms with Gasteiger partial charge in [0.25, 0.3) is 5.91 Å². The highest BCUT2D eigenvalue weighted by Crippen LogP contribution is 2.20. The summed E-state index contributed by atoms with van der Waals surface area (Å²) in [4.78, 5) is 24.0. The van der Waals surface area contributed by atoms with Gasteiger partial charge in [0.1, 0.15) is 19.5 Å². The van der Waals surface area contributed by atoms with E-state index in [1.54, 1.807) is 42.5 Å². The number of nitrogens with zero attached hydrogens (tertiary/aromatic N) is 4. The molecule has 3 rings (SSSR count). The van der Waals surface area contributed by atoms with Crippen LogP contribution < -0.4 is 5.32 Å². The predicted molar refractivity (Wildman–Crippen MR) is 98.2 cm³/mol. The molecule has 3 aromatic rings. The number of aromatic nitrogens is 4. The van der Waals surface area contributed by atoms with Crippen LogP contribution in [0.25, 0.3) is 0 Å². The summed E-state index contributed by atoms with van der Waals surface area (Å²) in [7, 11) is 0. The van der Waals surface area contributed by atoms with Crippen LogP contribution >= 0.6 is 11.6 Å². The first-order valence-corrected chi connectivity index (χ1v) is 8.42. The maximum Gasteiger partial charge on any atom is 0.328 e. The first kappa shape index (κ1) is 18.5. The van der Waals surface area contributed by atoms with Crippen molar-refractivity contribution in [1.82, 2.24) is 20.2 Å². The van der Waals surface area contributed by atoms with Crippen molar-refractivity contribution < 1.29 is 14.3 Å². The molecule has 1 amide bonds. The second-order valence-electron chi connectivity index (χ2n) is 5.78. The number of hydrogen-bond acceptors (Lipinski definition) is 6. The van der Waals surface area contributed by atoms with Crippen molar-refractivity contribution in [3.8, 4) is 0 Å².